The predicted octanol–water partition coefficient (Wildman–Crippen LogP) is 2.05. The lowest BCUT2D eigenvalue weighted by Crippen LogP contribution is -2.43. The molecule has 1 N–H and O–H groups in total. The highest BCUT2D eigenvalue weighted by atomic mass is 16.5. The molecule has 2 rings (SSSR count). The Morgan fingerprint density at radius 3 is 2.83 bits per heavy atom. The molecule has 1 fully saturated rings. The van der Waals surface area contributed by atoms with Crippen LogP contribution in [0, 0.1) is 0 Å². The van der Waals surface area contributed by atoms with Crippen molar-refractivity contribution in [1.82, 2.24) is 4.90 Å². The smallest absolute Gasteiger partial charge is 0.252 e. The summed E-state index contributed by atoms with van der Waals surface area (Å²) in [5, 5.41) is 2.80. The lowest BCUT2D eigenvalue weighted by molar-refractivity contribution is -0.143. The van der Waals surface area contributed by atoms with E-state index in [1.807, 2.05) is 19.1 Å². The normalized spacial score (nSPS) is 16.9. The maximum atomic E-state index is 12.4. The number of benzene rings is 1. The quantitative estimate of drug-likeness (QED) is 0.835. The van der Waals surface area contributed by atoms with Crippen molar-refractivity contribution >= 4 is 17.5 Å². The molecule has 0 aromatic heterocycles. The number of para-hydroxylation sites is 2. The fourth-order valence-corrected chi connectivity index (χ4v) is 2.62. The Labute approximate surface area is 136 Å². The van der Waals surface area contributed by atoms with E-state index in [9.17, 15) is 9.59 Å². The predicted molar refractivity (Wildman–Crippen MR) is 87.5 cm³/mol. The lowest BCUT2D eigenvalue weighted by atomic mass is 10.2. The molecule has 6 nitrogen and oxygen atoms in total. The second-order valence-electron chi connectivity index (χ2n) is 5.51. The summed E-state index contributed by atoms with van der Waals surface area (Å²) in [6, 6.07) is 7.19. The van der Waals surface area contributed by atoms with Crippen molar-refractivity contribution in [1.29, 1.82) is 0 Å². The van der Waals surface area contributed by atoms with Crippen LogP contribution in [0.25, 0.3) is 0 Å². The number of anilines is 1. The summed E-state index contributed by atoms with van der Waals surface area (Å²) in [5.41, 5.74) is 0.598. The Bertz CT molecular complexity index is 541. The Balaban J connectivity index is 1.98. The molecule has 0 bridgehead atoms. The number of carbonyl (C=O) groups excluding carboxylic acids is 2. The van der Waals surface area contributed by atoms with E-state index in [4.69, 9.17) is 9.47 Å². The van der Waals surface area contributed by atoms with Crippen LogP contribution in [0.4, 0.5) is 5.69 Å². The highest BCUT2D eigenvalue weighted by Crippen LogP contribution is 2.23. The number of methoxy groups -OCH3 is 1. The zero-order valence-electron chi connectivity index (χ0n) is 13.7. The first kappa shape index (κ1) is 17.3. The molecule has 1 unspecified atom stereocenters. The van der Waals surface area contributed by atoms with E-state index in [1.165, 1.54) is 0 Å². The summed E-state index contributed by atoms with van der Waals surface area (Å²) >= 11 is 0. The third-order valence-electron chi connectivity index (χ3n) is 3.73. The first-order valence-electron chi connectivity index (χ1n) is 7.99. The van der Waals surface area contributed by atoms with Gasteiger partial charge in [0.2, 0.25) is 5.91 Å². The molecule has 1 aromatic carbocycles. The van der Waals surface area contributed by atoms with Crippen LogP contribution in [0.2, 0.25) is 0 Å². The third kappa shape index (κ3) is 4.69. The minimum atomic E-state index is -0.402. The second-order valence-corrected chi connectivity index (χ2v) is 5.51. The van der Waals surface area contributed by atoms with E-state index in [0.29, 0.717) is 24.6 Å². The van der Waals surface area contributed by atoms with Crippen molar-refractivity contribution in [2.45, 2.75) is 32.3 Å². The van der Waals surface area contributed by atoms with Crippen molar-refractivity contribution < 1.29 is 19.1 Å². The van der Waals surface area contributed by atoms with Crippen LogP contribution < -0.4 is 10.1 Å². The molecule has 6 heteroatoms. The van der Waals surface area contributed by atoms with E-state index in [0.717, 1.165) is 19.3 Å². The van der Waals surface area contributed by atoms with Gasteiger partial charge in [0.25, 0.3) is 5.91 Å². The molecule has 0 radical (unpaired) electrons. The summed E-state index contributed by atoms with van der Waals surface area (Å²) in [6.07, 6.45) is 2.01. The van der Waals surface area contributed by atoms with Gasteiger partial charge >= 0.3 is 0 Å². The molecule has 23 heavy (non-hydrogen) atoms. The van der Waals surface area contributed by atoms with Crippen LogP contribution in [-0.4, -0.2) is 49.6 Å². The van der Waals surface area contributed by atoms with Crippen LogP contribution >= 0.6 is 0 Å². The van der Waals surface area contributed by atoms with Gasteiger partial charge in [0.05, 0.1) is 19.3 Å². The maximum Gasteiger partial charge on any atom is 0.252 e. The third-order valence-corrected chi connectivity index (χ3v) is 3.73. The zero-order chi connectivity index (χ0) is 16.7. The fourth-order valence-electron chi connectivity index (χ4n) is 2.62. The van der Waals surface area contributed by atoms with Crippen molar-refractivity contribution in [3.63, 3.8) is 0 Å². The molecular formula is C17H24N2O4. The van der Waals surface area contributed by atoms with Crippen LogP contribution in [0.5, 0.6) is 5.75 Å². The van der Waals surface area contributed by atoms with Gasteiger partial charge in [0, 0.05) is 13.2 Å². The maximum absolute atomic E-state index is 12.4. The van der Waals surface area contributed by atoms with Crippen LogP contribution in [0.3, 0.4) is 0 Å². The number of ether oxygens (including phenoxy) is 2. The van der Waals surface area contributed by atoms with Gasteiger partial charge in [-0.05, 0) is 31.4 Å². The summed E-state index contributed by atoms with van der Waals surface area (Å²) in [4.78, 5) is 26.3. The van der Waals surface area contributed by atoms with E-state index >= 15 is 0 Å². The summed E-state index contributed by atoms with van der Waals surface area (Å²) in [5.74, 6) is 0.252. The SMILES string of the molecule is CCCN(CC(=O)Nc1ccccc1OC)C(=O)C1CCCO1. The molecule has 126 valence electrons. The standard InChI is InChI=1S/C17H24N2O4/c1-3-10-19(17(21)15-9-6-11-23-15)12-16(20)18-13-7-4-5-8-14(13)22-2/h4-5,7-8,15H,3,6,9-12H2,1-2H3,(H,18,20). The van der Waals surface area contributed by atoms with Gasteiger partial charge < -0.3 is 19.7 Å². The molecule has 1 saturated heterocycles. The first-order valence-corrected chi connectivity index (χ1v) is 7.99. The van der Waals surface area contributed by atoms with E-state index < -0.39 is 6.10 Å². The number of nitrogens with one attached hydrogen (secondary N) is 1. The van der Waals surface area contributed by atoms with Gasteiger partial charge in [-0.1, -0.05) is 19.1 Å². The Kier molecular flexibility index (Phi) is 6.40. The number of rotatable bonds is 7. The number of hydrogen-bond donors (Lipinski definition) is 1. The number of hydrogen-bond acceptors (Lipinski definition) is 4. The van der Waals surface area contributed by atoms with Gasteiger partial charge in [0.1, 0.15) is 11.9 Å². The van der Waals surface area contributed by atoms with E-state index in [1.54, 1.807) is 24.1 Å². The Hall–Kier alpha value is -2.08. The lowest BCUT2D eigenvalue weighted by Gasteiger charge is -2.24. The first-order chi connectivity index (χ1) is 11.2. The minimum Gasteiger partial charge on any atom is -0.495 e. The van der Waals surface area contributed by atoms with Gasteiger partial charge in [-0.3, -0.25) is 9.59 Å². The second kappa shape index (κ2) is 8.53. The molecule has 1 aliphatic heterocycles. The molecule has 1 aliphatic rings. The van der Waals surface area contributed by atoms with Gasteiger partial charge in [0.15, 0.2) is 0 Å². The molecule has 1 aromatic rings. The highest BCUT2D eigenvalue weighted by molar-refractivity contribution is 5.96. The molecule has 0 saturated carbocycles. The molecular weight excluding hydrogens is 296 g/mol. The van der Waals surface area contributed by atoms with Crippen LogP contribution in [-0.2, 0) is 14.3 Å². The summed E-state index contributed by atoms with van der Waals surface area (Å²) in [6.45, 7) is 3.15. The van der Waals surface area contributed by atoms with Crippen LogP contribution in [0.1, 0.15) is 26.2 Å². The number of nitrogens with zero attached hydrogens (tertiary/aromatic N) is 1. The summed E-state index contributed by atoms with van der Waals surface area (Å²) < 4.78 is 10.6. The Morgan fingerprint density at radius 1 is 1.39 bits per heavy atom. The monoisotopic (exact) mass is 320 g/mol. The van der Waals surface area contributed by atoms with Gasteiger partial charge in [-0.15, -0.1) is 0 Å². The van der Waals surface area contributed by atoms with Crippen molar-refractivity contribution in [3.8, 4) is 5.75 Å². The van der Waals surface area contributed by atoms with Gasteiger partial charge in [-0.2, -0.15) is 0 Å². The largest absolute Gasteiger partial charge is 0.495 e. The van der Waals surface area contributed by atoms with Crippen molar-refractivity contribution in [2.24, 2.45) is 0 Å². The fraction of sp³-hybridized carbons (Fsp3) is 0.529. The van der Waals surface area contributed by atoms with Crippen LogP contribution in [0.15, 0.2) is 24.3 Å². The summed E-state index contributed by atoms with van der Waals surface area (Å²) in [7, 11) is 1.55. The van der Waals surface area contributed by atoms with Crippen molar-refractivity contribution in [2.75, 3.05) is 32.1 Å². The number of amides is 2. The average Bonchev–Trinajstić information content (AvgIpc) is 3.08. The average molecular weight is 320 g/mol. The highest BCUT2D eigenvalue weighted by Gasteiger charge is 2.29. The number of carbonyl (C=O) groups is 2. The minimum absolute atomic E-state index is 0.0184. The Morgan fingerprint density at radius 2 is 2.17 bits per heavy atom. The van der Waals surface area contributed by atoms with E-state index in [2.05, 4.69) is 5.32 Å². The van der Waals surface area contributed by atoms with Crippen molar-refractivity contribution in [3.05, 3.63) is 24.3 Å². The molecule has 1 atom stereocenters. The molecule has 0 aliphatic carbocycles. The van der Waals surface area contributed by atoms with E-state index in [-0.39, 0.29) is 18.4 Å². The molecule has 1 heterocycles. The topological polar surface area (TPSA) is 67.9 Å². The van der Waals surface area contributed by atoms with Gasteiger partial charge in [-0.25, -0.2) is 0 Å². The zero-order valence-corrected chi connectivity index (χ0v) is 13.7. The molecule has 2 amide bonds. The molecule has 0 spiro atoms.